The molecule has 188 valence electrons. The van der Waals surface area contributed by atoms with Gasteiger partial charge in [-0.3, -0.25) is 19.1 Å². The van der Waals surface area contributed by atoms with Gasteiger partial charge in [0.05, 0.1) is 25.7 Å². The van der Waals surface area contributed by atoms with Gasteiger partial charge in [-0.25, -0.2) is 9.37 Å². The van der Waals surface area contributed by atoms with E-state index in [0.717, 1.165) is 43.5 Å². The van der Waals surface area contributed by atoms with E-state index in [2.05, 4.69) is 15.2 Å². The first-order chi connectivity index (χ1) is 17.5. The number of amides is 1. The monoisotopic (exact) mass is 492 g/mol. The molecule has 0 unspecified atom stereocenters. The van der Waals surface area contributed by atoms with E-state index in [1.807, 2.05) is 6.07 Å². The first-order valence-corrected chi connectivity index (χ1v) is 12.5. The molecule has 0 atom stereocenters. The number of hydrogen-bond donors (Lipinski definition) is 1. The number of morpholine rings is 1. The van der Waals surface area contributed by atoms with Crippen LogP contribution in [0, 0.1) is 11.7 Å². The standard InChI is InChI=1S/C27H29FN4O4/c1-35-23-21-12-19(18-2-4-20(28)5-3-18)16-29-24(21)32(7-6-31-8-10-36-11-9-31)26(34)22(23)25(33)30-27-13-17(14-27)15-27/h2-5,12,16-17H,6-11,13-15H2,1H3,(H,30,33). The second kappa shape index (κ2) is 8.97. The minimum Gasteiger partial charge on any atom is -0.495 e. The van der Waals surface area contributed by atoms with Crippen LogP contribution in [0.5, 0.6) is 5.75 Å². The number of rotatable bonds is 7. The zero-order chi connectivity index (χ0) is 24.9. The number of aromatic nitrogens is 2. The van der Waals surface area contributed by atoms with Crippen molar-refractivity contribution in [3.05, 3.63) is 58.3 Å². The number of hydrogen-bond acceptors (Lipinski definition) is 6. The third-order valence-corrected chi connectivity index (χ3v) is 7.82. The Hall–Kier alpha value is -3.30. The molecule has 7 rings (SSSR count). The van der Waals surface area contributed by atoms with Crippen molar-refractivity contribution in [3.8, 4) is 16.9 Å². The fourth-order valence-corrected chi connectivity index (χ4v) is 5.72. The van der Waals surface area contributed by atoms with Gasteiger partial charge in [0.2, 0.25) is 0 Å². The molecule has 4 aliphatic rings. The zero-order valence-corrected chi connectivity index (χ0v) is 20.3. The number of benzene rings is 1. The lowest BCUT2D eigenvalue weighted by atomic mass is 9.50. The van der Waals surface area contributed by atoms with Crippen LogP contribution in [0.3, 0.4) is 0 Å². The maximum atomic E-state index is 13.8. The summed E-state index contributed by atoms with van der Waals surface area (Å²) in [6.07, 6.45) is 4.57. The van der Waals surface area contributed by atoms with Crippen LogP contribution in [0.4, 0.5) is 4.39 Å². The van der Waals surface area contributed by atoms with Gasteiger partial charge >= 0.3 is 0 Å². The van der Waals surface area contributed by atoms with Crippen LogP contribution in [0.25, 0.3) is 22.2 Å². The molecular formula is C27H29FN4O4. The molecule has 8 nitrogen and oxygen atoms in total. The van der Waals surface area contributed by atoms with Crippen LogP contribution in [0.1, 0.15) is 29.6 Å². The van der Waals surface area contributed by atoms with E-state index in [1.165, 1.54) is 19.2 Å². The summed E-state index contributed by atoms with van der Waals surface area (Å²) in [7, 11) is 1.47. The van der Waals surface area contributed by atoms with Gasteiger partial charge in [-0.05, 0) is 48.9 Å². The van der Waals surface area contributed by atoms with Crippen LogP contribution in [-0.4, -0.2) is 65.9 Å². The second-order valence-electron chi connectivity index (χ2n) is 10.1. The molecule has 3 heterocycles. The number of halogens is 1. The summed E-state index contributed by atoms with van der Waals surface area (Å²) < 4.78 is 26.2. The van der Waals surface area contributed by atoms with Crippen LogP contribution in [0.2, 0.25) is 0 Å². The van der Waals surface area contributed by atoms with Crippen molar-refractivity contribution in [2.24, 2.45) is 5.92 Å². The number of nitrogens with one attached hydrogen (secondary N) is 1. The Kier molecular flexibility index (Phi) is 5.76. The molecular weight excluding hydrogens is 463 g/mol. The van der Waals surface area contributed by atoms with Crippen molar-refractivity contribution < 1.29 is 18.7 Å². The first kappa shape index (κ1) is 23.1. The molecule has 3 aliphatic carbocycles. The molecule has 1 aliphatic heterocycles. The molecule has 1 amide bonds. The summed E-state index contributed by atoms with van der Waals surface area (Å²) in [4.78, 5) is 34.1. The Morgan fingerprint density at radius 2 is 1.89 bits per heavy atom. The second-order valence-corrected chi connectivity index (χ2v) is 10.1. The van der Waals surface area contributed by atoms with Crippen LogP contribution in [-0.2, 0) is 11.3 Å². The molecule has 3 aromatic rings. The molecule has 0 radical (unpaired) electrons. The van der Waals surface area contributed by atoms with E-state index in [1.54, 1.807) is 22.9 Å². The average Bonchev–Trinajstić information content (AvgIpc) is 2.85. The van der Waals surface area contributed by atoms with E-state index >= 15 is 0 Å². The molecule has 1 saturated heterocycles. The van der Waals surface area contributed by atoms with Gasteiger partial charge in [0.15, 0.2) is 0 Å². The Balaban J connectivity index is 1.45. The quantitative estimate of drug-likeness (QED) is 0.546. The molecule has 3 saturated carbocycles. The van der Waals surface area contributed by atoms with Crippen molar-refractivity contribution in [2.45, 2.75) is 31.3 Å². The van der Waals surface area contributed by atoms with E-state index in [9.17, 15) is 14.0 Å². The molecule has 1 aromatic carbocycles. The maximum absolute atomic E-state index is 13.8. The molecule has 2 aromatic heterocycles. The lowest BCUT2D eigenvalue weighted by Crippen LogP contribution is -2.68. The summed E-state index contributed by atoms with van der Waals surface area (Å²) in [6.45, 7) is 3.93. The van der Waals surface area contributed by atoms with Gasteiger partial charge in [0.1, 0.15) is 22.8 Å². The lowest BCUT2D eigenvalue weighted by Gasteiger charge is -2.61. The van der Waals surface area contributed by atoms with Gasteiger partial charge in [0.25, 0.3) is 11.5 Å². The third-order valence-electron chi connectivity index (χ3n) is 7.82. The summed E-state index contributed by atoms with van der Waals surface area (Å²) in [6, 6.07) is 7.99. The van der Waals surface area contributed by atoms with Crippen LogP contribution in [0.15, 0.2) is 41.3 Å². The molecule has 1 N–H and O–H groups in total. The lowest BCUT2D eigenvalue weighted by molar-refractivity contribution is -0.0439. The topological polar surface area (TPSA) is 85.7 Å². The minimum absolute atomic E-state index is 0.00904. The number of carbonyl (C=O) groups excluding carboxylic acids is 1. The number of carbonyl (C=O) groups is 1. The average molecular weight is 493 g/mol. The summed E-state index contributed by atoms with van der Waals surface area (Å²) in [5, 5.41) is 3.69. The largest absolute Gasteiger partial charge is 0.495 e. The van der Waals surface area contributed by atoms with Crippen molar-refractivity contribution in [1.82, 2.24) is 19.8 Å². The van der Waals surface area contributed by atoms with E-state index in [-0.39, 0.29) is 22.7 Å². The predicted octanol–water partition coefficient (Wildman–Crippen LogP) is 2.83. The van der Waals surface area contributed by atoms with Gasteiger partial charge in [-0.15, -0.1) is 0 Å². The predicted molar refractivity (Wildman–Crippen MR) is 133 cm³/mol. The van der Waals surface area contributed by atoms with Crippen LogP contribution >= 0.6 is 0 Å². The van der Waals surface area contributed by atoms with Gasteiger partial charge in [-0.2, -0.15) is 0 Å². The molecule has 4 fully saturated rings. The van der Waals surface area contributed by atoms with Crippen molar-refractivity contribution >= 4 is 16.9 Å². The Morgan fingerprint density at radius 1 is 1.17 bits per heavy atom. The highest BCUT2D eigenvalue weighted by molar-refractivity contribution is 6.03. The van der Waals surface area contributed by atoms with Gasteiger partial charge < -0.3 is 14.8 Å². The summed E-state index contributed by atoms with van der Waals surface area (Å²) in [5.74, 6) is 0.188. The molecule has 9 heteroatoms. The highest BCUT2D eigenvalue weighted by atomic mass is 19.1. The fourth-order valence-electron chi connectivity index (χ4n) is 5.72. The van der Waals surface area contributed by atoms with Gasteiger partial charge in [0, 0.05) is 43.5 Å². The molecule has 36 heavy (non-hydrogen) atoms. The maximum Gasteiger partial charge on any atom is 0.268 e. The van der Waals surface area contributed by atoms with Crippen molar-refractivity contribution in [1.29, 1.82) is 0 Å². The first-order valence-electron chi connectivity index (χ1n) is 12.5. The Labute approximate surface area is 208 Å². The third kappa shape index (κ3) is 3.96. The van der Waals surface area contributed by atoms with E-state index in [0.29, 0.717) is 43.3 Å². The fraction of sp³-hybridized carbons (Fsp3) is 0.444. The number of fused-ring (bicyclic) bond motifs is 1. The smallest absolute Gasteiger partial charge is 0.268 e. The summed E-state index contributed by atoms with van der Waals surface area (Å²) >= 11 is 0. The highest BCUT2D eigenvalue weighted by Crippen LogP contribution is 2.57. The number of ether oxygens (including phenoxy) is 2. The van der Waals surface area contributed by atoms with E-state index in [4.69, 9.17) is 9.47 Å². The summed E-state index contributed by atoms with van der Waals surface area (Å²) in [5.41, 5.74) is 1.40. The SMILES string of the molecule is COc1c(C(=O)NC23CC(C2)C3)c(=O)n(CCN2CCOCC2)c2ncc(-c3ccc(F)cc3)cc12. The Bertz CT molecular complexity index is 1360. The zero-order valence-electron chi connectivity index (χ0n) is 20.3. The number of methoxy groups -OCH3 is 1. The molecule has 0 spiro atoms. The minimum atomic E-state index is -0.404. The molecule has 2 bridgehead atoms. The van der Waals surface area contributed by atoms with E-state index < -0.39 is 11.5 Å². The normalized spacial score (nSPS) is 23.1. The highest BCUT2D eigenvalue weighted by Gasteiger charge is 2.57. The van der Waals surface area contributed by atoms with Gasteiger partial charge in [-0.1, -0.05) is 12.1 Å². The Morgan fingerprint density at radius 3 is 2.53 bits per heavy atom. The van der Waals surface area contributed by atoms with Crippen LogP contribution < -0.4 is 15.6 Å². The van der Waals surface area contributed by atoms with Crippen molar-refractivity contribution in [3.63, 3.8) is 0 Å². The number of pyridine rings is 2. The van der Waals surface area contributed by atoms with Crippen molar-refractivity contribution in [2.75, 3.05) is 40.0 Å². The number of nitrogens with zero attached hydrogens (tertiary/aromatic N) is 3.